The summed E-state index contributed by atoms with van der Waals surface area (Å²) in [6, 6.07) is 8.37. The number of aromatic nitrogens is 1. The Hall–Kier alpha value is -2.06. The van der Waals surface area contributed by atoms with Gasteiger partial charge in [-0.05, 0) is 44.0 Å². The number of hydrogen-bond donors (Lipinski definition) is 0. The predicted octanol–water partition coefficient (Wildman–Crippen LogP) is 3.62. The van der Waals surface area contributed by atoms with E-state index in [0.29, 0.717) is 18.7 Å². The summed E-state index contributed by atoms with van der Waals surface area (Å²) in [6.45, 7) is 6.70. The highest BCUT2D eigenvalue weighted by Gasteiger charge is 2.11. The van der Waals surface area contributed by atoms with E-state index < -0.39 is 0 Å². The van der Waals surface area contributed by atoms with Crippen LogP contribution in [-0.2, 0) is 4.79 Å². The van der Waals surface area contributed by atoms with Crippen molar-refractivity contribution >= 4 is 28.6 Å². The Bertz CT molecular complexity index is 780. The standard InChI is InChI=1S/C18H21N3OS/c1-12-8-14(3)18-15(9-12)13(2)10-16(20-18)23-11-17(22)21(4)7-5-6-19/h8-10H,5,7,11H2,1-4H3. The number of benzene rings is 1. The quantitative estimate of drug-likeness (QED) is 0.787. The topological polar surface area (TPSA) is 57.0 Å². The molecule has 0 aliphatic rings. The molecule has 1 heterocycles. The molecule has 0 spiro atoms. The number of thioether (sulfide) groups is 1. The first-order chi connectivity index (χ1) is 10.9. The molecule has 1 amide bonds. The first-order valence-electron chi connectivity index (χ1n) is 7.54. The van der Waals surface area contributed by atoms with Gasteiger partial charge in [-0.15, -0.1) is 0 Å². The number of carbonyl (C=O) groups excluding carboxylic acids is 1. The first-order valence-corrected chi connectivity index (χ1v) is 8.53. The molecule has 0 bridgehead atoms. The molecule has 4 nitrogen and oxygen atoms in total. The van der Waals surface area contributed by atoms with E-state index in [0.717, 1.165) is 16.1 Å². The number of amides is 1. The summed E-state index contributed by atoms with van der Waals surface area (Å²) in [5.41, 5.74) is 4.57. The number of nitrogens with zero attached hydrogens (tertiary/aromatic N) is 3. The van der Waals surface area contributed by atoms with Crippen LogP contribution in [0.25, 0.3) is 10.9 Å². The Morgan fingerprint density at radius 1 is 1.26 bits per heavy atom. The molecule has 23 heavy (non-hydrogen) atoms. The zero-order chi connectivity index (χ0) is 17.0. The van der Waals surface area contributed by atoms with Crippen molar-refractivity contribution in [1.29, 1.82) is 5.26 Å². The van der Waals surface area contributed by atoms with E-state index in [9.17, 15) is 4.79 Å². The molecular formula is C18H21N3OS. The second-order valence-corrected chi connectivity index (χ2v) is 6.76. The van der Waals surface area contributed by atoms with E-state index in [2.05, 4.69) is 39.0 Å². The van der Waals surface area contributed by atoms with Crippen LogP contribution in [0.2, 0.25) is 0 Å². The van der Waals surface area contributed by atoms with Crippen LogP contribution in [0.3, 0.4) is 0 Å². The largest absolute Gasteiger partial charge is 0.344 e. The lowest BCUT2D eigenvalue weighted by Crippen LogP contribution is -2.29. The van der Waals surface area contributed by atoms with Crippen molar-refractivity contribution < 1.29 is 4.79 Å². The maximum Gasteiger partial charge on any atom is 0.232 e. The maximum atomic E-state index is 12.1. The summed E-state index contributed by atoms with van der Waals surface area (Å²) in [4.78, 5) is 18.4. The van der Waals surface area contributed by atoms with Gasteiger partial charge in [0.05, 0.1) is 28.8 Å². The van der Waals surface area contributed by atoms with Gasteiger partial charge in [-0.25, -0.2) is 4.98 Å². The highest BCUT2D eigenvalue weighted by molar-refractivity contribution is 7.99. The van der Waals surface area contributed by atoms with Crippen molar-refractivity contribution in [2.24, 2.45) is 0 Å². The SMILES string of the molecule is Cc1cc(C)c2nc(SCC(=O)N(C)CCC#N)cc(C)c2c1. The van der Waals surface area contributed by atoms with Gasteiger partial charge in [0, 0.05) is 19.0 Å². The summed E-state index contributed by atoms with van der Waals surface area (Å²) < 4.78 is 0. The molecule has 0 aliphatic heterocycles. The minimum atomic E-state index is 0.0189. The fraction of sp³-hybridized carbons (Fsp3) is 0.389. The molecule has 1 aromatic carbocycles. The Labute approximate surface area is 141 Å². The van der Waals surface area contributed by atoms with Gasteiger partial charge < -0.3 is 4.90 Å². The van der Waals surface area contributed by atoms with Crippen molar-refractivity contribution in [1.82, 2.24) is 9.88 Å². The van der Waals surface area contributed by atoms with Crippen molar-refractivity contribution in [3.63, 3.8) is 0 Å². The van der Waals surface area contributed by atoms with Crippen molar-refractivity contribution in [2.75, 3.05) is 19.3 Å². The number of fused-ring (bicyclic) bond motifs is 1. The molecule has 0 aliphatic carbocycles. The summed E-state index contributed by atoms with van der Waals surface area (Å²) in [5.74, 6) is 0.357. The van der Waals surface area contributed by atoms with Gasteiger partial charge in [0.2, 0.25) is 5.91 Å². The number of hydrogen-bond acceptors (Lipinski definition) is 4. The van der Waals surface area contributed by atoms with Gasteiger partial charge in [0.1, 0.15) is 0 Å². The van der Waals surface area contributed by atoms with Crippen molar-refractivity contribution in [3.05, 3.63) is 34.9 Å². The van der Waals surface area contributed by atoms with Crippen LogP contribution in [0.4, 0.5) is 0 Å². The van der Waals surface area contributed by atoms with Crippen LogP contribution in [0.1, 0.15) is 23.1 Å². The molecule has 0 radical (unpaired) electrons. The lowest BCUT2D eigenvalue weighted by atomic mass is 10.0. The van der Waals surface area contributed by atoms with E-state index in [-0.39, 0.29) is 5.91 Å². The smallest absolute Gasteiger partial charge is 0.232 e. The molecule has 0 fully saturated rings. The number of aryl methyl sites for hydroxylation is 3. The molecule has 2 rings (SSSR count). The Morgan fingerprint density at radius 3 is 2.70 bits per heavy atom. The van der Waals surface area contributed by atoms with Crippen LogP contribution in [0.5, 0.6) is 0 Å². The van der Waals surface area contributed by atoms with Gasteiger partial charge in [-0.2, -0.15) is 5.26 Å². The van der Waals surface area contributed by atoms with Gasteiger partial charge in [0.25, 0.3) is 0 Å². The van der Waals surface area contributed by atoms with E-state index in [1.165, 1.54) is 28.3 Å². The third kappa shape index (κ3) is 4.23. The van der Waals surface area contributed by atoms with Gasteiger partial charge >= 0.3 is 0 Å². The molecule has 0 saturated heterocycles. The van der Waals surface area contributed by atoms with Gasteiger partial charge in [-0.1, -0.05) is 23.4 Å². The molecular weight excluding hydrogens is 306 g/mol. The zero-order valence-corrected chi connectivity index (χ0v) is 14.8. The lowest BCUT2D eigenvalue weighted by molar-refractivity contribution is -0.127. The second-order valence-electron chi connectivity index (χ2n) is 5.77. The maximum absolute atomic E-state index is 12.1. The van der Waals surface area contributed by atoms with Crippen molar-refractivity contribution in [3.8, 4) is 6.07 Å². The normalized spacial score (nSPS) is 10.6. The molecule has 2 aromatic rings. The molecule has 1 aromatic heterocycles. The summed E-state index contributed by atoms with van der Waals surface area (Å²) in [7, 11) is 1.73. The summed E-state index contributed by atoms with van der Waals surface area (Å²) >= 11 is 1.45. The fourth-order valence-corrected chi connectivity index (χ4v) is 3.38. The van der Waals surface area contributed by atoms with Crippen LogP contribution < -0.4 is 0 Å². The molecule has 120 valence electrons. The predicted molar refractivity (Wildman–Crippen MR) is 94.5 cm³/mol. The molecule has 0 N–H and O–H groups in total. The van der Waals surface area contributed by atoms with Gasteiger partial charge in [0.15, 0.2) is 0 Å². The highest BCUT2D eigenvalue weighted by atomic mass is 32.2. The molecule has 0 saturated carbocycles. The van der Waals surface area contributed by atoms with Crippen LogP contribution in [-0.4, -0.2) is 35.1 Å². The van der Waals surface area contributed by atoms with E-state index in [1.54, 1.807) is 11.9 Å². The van der Waals surface area contributed by atoms with Crippen LogP contribution >= 0.6 is 11.8 Å². The third-order valence-corrected chi connectivity index (χ3v) is 4.66. The van der Waals surface area contributed by atoms with Crippen LogP contribution in [0, 0.1) is 32.1 Å². The van der Waals surface area contributed by atoms with E-state index in [4.69, 9.17) is 10.2 Å². The molecule has 5 heteroatoms. The third-order valence-electron chi connectivity index (χ3n) is 3.76. The lowest BCUT2D eigenvalue weighted by Gasteiger charge is -2.15. The summed E-state index contributed by atoms with van der Waals surface area (Å²) in [5, 5.41) is 10.6. The average molecular weight is 327 g/mol. The number of nitriles is 1. The zero-order valence-electron chi connectivity index (χ0n) is 14.0. The average Bonchev–Trinajstić information content (AvgIpc) is 2.51. The monoisotopic (exact) mass is 327 g/mol. The number of pyridine rings is 1. The minimum absolute atomic E-state index is 0.0189. The van der Waals surface area contributed by atoms with E-state index >= 15 is 0 Å². The van der Waals surface area contributed by atoms with Gasteiger partial charge in [-0.3, -0.25) is 4.79 Å². The first kappa shape index (κ1) is 17.3. The highest BCUT2D eigenvalue weighted by Crippen LogP contribution is 2.27. The molecule has 0 atom stereocenters. The second kappa shape index (κ2) is 7.47. The number of rotatable bonds is 5. The molecule has 0 unspecified atom stereocenters. The van der Waals surface area contributed by atoms with E-state index in [1.807, 2.05) is 6.07 Å². The van der Waals surface area contributed by atoms with Crippen molar-refractivity contribution in [2.45, 2.75) is 32.2 Å². The Morgan fingerprint density at radius 2 is 2.00 bits per heavy atom. The number of carbonyl (C=O) groups is 1. The summed E-state index contributed by atoms with van der Waals surface area (Å²) in [6.07, 6.45) is 0.360. The van der Waals surface area contributed by atoms with Crippen LogP contribution in [0.15, 0.2) is 23.2 Å². The minimum Gasteiger partial charge on any atom is -0.344 e. The Balaban J connectivity index is 2.16. The Kier molecular flexibility index (Phi) is 5.62. The fourth-order valence-electron chi connectivity index (χ4n) is 2.48.